The first-order valence-electron chi connectivity index (χ1n) is 14.1. The Morgan fingerprint density at radius 1 is 0.800 bits per heavy atom. The summed E-state index contributed by atoms with van der Waals surface area (Å²) in [5.74, 6) is -1.44. The summed E-state index contributed by atoms with van der Waals surface area (Å²) in [5, 5.41) is 2.80. The fraction of sp³-hybridized carbons (Fsp3) is 0.469. The fourth-order valence-corrected chi connectivity index (χ4v) is 3.70. The highest BCUT2D eigenvalue weighted by Crippen LogP contribution is 2.27. The van der Waals surface area contributed by atoms with Crippen LogP contribution in [0.25, 0.3) is 0 Å². The first-order valence-corrected chi connectivity index (χ1v) is 14.1. The molecular weight excluding hydrogens is 510 g/mol. The number of ether oxygens (including phenoxy) is 4. The Kier molecular flexibility index (Phi) is 14.3. The Balaban J connectivity index is 2.02. The number of carbonyl (C=O) groups excluding carboxylic acids is 3. The van der Waals surface area contributed by atoms with Crippen LogP contribution in [0.1, 0.15) is 89.9 Å². The van der Waals surface area contributed by atoms with Gasteiger partial charge in [-0.15, -0.1) is 0 Å². The van der Waals surface area contributed by atoms with Gasteiger partial charge in [-0.25, -0.2) is 9.59 Å². The monoisotopic (exact) mass is 553 g/mol. The molecule has 1 N–H and O–H groups in total. The molecular formula is C32H43NO7. The number of anilines is 1. The number of benzene rings is 2. The van der Waals surface area contributed by atoms with E-state index in [1.807, 2.05) is 0 Å². The van der Waals surface area contributed by atoms with E-state index in [9.17, 15) is 14.4 Å². The number of para-hydroxylation sites is 2. The van der Waals surface area contributed by atoms with E-state index in [0.29, 0.717) is 23.6 Å². The van der Waals surface area contributed by atoms with Crippen molar-refractivity contribution in [3.63, 3.8) is 0 Å². The third-order valence-electron chi connectivity index (χ3n) is 5.63. The molecule has 1 amide bonds. The zero-order valence-electron chi connectivity index (χ0n) is 24.4. The van der Waals surface area contributed by atoms with Gasteiger partial charge in [-0.1, -0.05) is 57.6 Å². The number of unbranched alkanes of at least 4 members (excludes halogenated alkanes) is 6. The summed E-state index contributed by atoms with van der Waals surface area (Å²) in [5.41, 5.74) is 0.737. The minimum atomic E-state index is -0.830. The maximum Gasteiger partial charge on any atom is 0.374 e. The summed E-state index contributed by atoms with van der Waals surface area (Å²) in [6, 6.07) is 13.5. The van der Waals surface area contributed by atoms with Crippen LogP contribution in [0.3, 0.4) is 0 Å². The van der Waals surface area contributed by atoms with Gasteiger partial charge in [-0.2, -0.15) is 0 Å². The SMILES string of the molecule is CCCCCCCCCOc1ccc(C(=O)Nc2ccccc2O/C(=C/C(=O)OC(C)C)C(=O)OC(C)C)cc1. The van der Waals surface area contributed by atoms with Gasteiger partial charge in [0, 0.05) is 5.56 Å². The molecule has 2 aromatic rings. The Labute approximate surface area is 238 Å². The molecule has 0 atom stereocenters. The van der Waals surface area contributed by atoms with E-state index in [0.717, 1.165) is 18.9 Å². The van der Waals surface area contributed by atoms with Gasteiger partial charge in [0.15, 0.2) is 5.75 Å². The van der Waals surface area contributed by atoms with Crippen LogP contribution < -0.4 is 14.8 Å². The average Bonchev–Trinajstić information content (AvgIpc) is 2.90. The molecule has 0 spiro atoms. The number of amides is 1. The van der Waals surface area contributed by atoms with Crippen molar-refractivity contribution in [1.82, 2.24) is 0 Å². The lowest BCUT2D eigenvalue weighted by Gasteiger charge is -2.15. The van der Waals surface area contributed by atoms with Crippen molar-refractivity contribution < 1.29 is 33.3 Å². The molecule has 0 aliphatic heterocycles. The first kappa shape index (κ1) is 32.4. The summed E-state index contributed by atoms with van der Waals surface area (Å²) in [6.07, 6.45) is 8.63. The van der Waals surface area contributed by atoms with Crippen molar-refractivity contribution in [1.29, 1.82) is 0 Å². The molecule has 40 heavy (non-hydrogen) atoms. The summed E-state index contributed by atoms with van der Waals surface area (Å²) < 4.78 is 21.9. The number of esters is 2. The van der Waals surface area contributed by atoms with E-state index in [1.54, 1.807) is 76.2 Å². The van der Waals surface area contributed by atoms with Crippen molar-refractivity contribution in [2.75, 3.05) is 11.9 Å². The molecule has 218 valence electrons. The molecule has 0 aliphatic rings. The molecule has 0 saturated carbocycles. The zero-order valence-corrected chi connectivity index (χ0v) is 24.4. The predicted molar refractivity (Wildman–Crippen MR) is 155 cm³/mol. The van der Waals surface area contributed by atoms with Gasteiger partial charge in [0.1, 0.15) is 5.75 Å². The van der Waals surface area contributed by atoms with Gasteiger partial charge in [-0.3, -0.25) is 4.79 Å². The molecule has 8 heteroatoms. The minimum absolute atomic E-state index is 0.162. The van der Waals surface area contributed by atoms with Gasteiger partial charge >= 0.3 is 11.9 Å². The van der Waals surface area contributed by atoms with Crippen LogP contribution in [-0.4, -0.2) is 36.7 Å². The molecule has 0 bridgehead atoms. The number of hydrogen-bond acceptors (Lipinski definition) is 7. The van der Waals surface area contributed by atoms with Gasteiger partial charge in [0.2, 0.25) is 5.76 Å². The molecule has 0 aliphatic carbocycles. The highest BCUT2D eigenvalue weighted by Gasteiger charge is 2.20. The normalized spacial score (nSPS) is 11.3. The summed E-state index contributed by atoms with van der Waals surface area (Å²) in [7, 11) is 0. The predicted octanol–water partition coefficient (Wildman–Crippen LogP) is 7.23. The van der Waals surface area contributed by atoms with E-state index in [2.05, 4.69) is 12.2 Å². The topological polar surface area (TPSA) is 100 Å². The summed E-state index contributed by atoms with van der Waals surface area (Å²) in [4.78, 5) is 37.8. The standard InChI is InChI=1S/C32H43NO7/c1-6-7-8-9-10-11-14-21-37-26-19-17-25(18-20-26)31(35)33-27-15-12-13-16-28(27)40-29(32(36)39-24(4)5)22-30(34)38-23(2)3/h12-13,15-20,22-24H,6-11,14,21H2,1-5H3,(H,33,35)/b29-22+. The largest absolute Gasteiger partial charge is 0.494 e. The Morgan fingerprint density at radius 2 is 1.43 bits per heavy atom. The third kappa shape index (κ3) is 12.4. The van der Waals surface area contributed by atoms with Gasteiger partial charge in [0.25, 0.3) is 5.91 Å². The van der Waals surface area contributed by atoms with E-state index >= 15 is 0 Å². The molecule has 0 radical (unpaired) electrons. The average molecular weight is 554 g/mol. The lowest BCUT2D eigenvalue weighted by atomic mass is 10.1. The molecule has 0 saturated heterocycles. The van der Waals surface area contributed by atoms with E-state index in [4.69, 9.17) is 18.9 Å². The van der Waals surface area contributed by atoms with Crippen molar-refractivity contribution >= 4 is 23.5 Å². The van der Waals surface area contributed by atoms with Crippen LogP contribution in [0.5, 0.6) is 11.5 Å². The van der Waals surface area contributed by atoms with Gasteiger partial charge in [0.05, 0.1) is 30.6 Å². The van der Waals surface area contributed by atoms with Crippen molar-refractivity contribution in [3.05, 3.63) is 65.9 Å². The molecule has 0 unspecified atom stereocenters. The molecule has 8 nitrogen and oxygen atoms in total. The zero-order chi connectivity index (χ0) is 29.3. The second kappa shape index (κ2) is 17.7. The number of carbonyl (C=O) groups is 3. The maximum atomic E-state index is 13.0. The summed E-state index contributed by atoms with van der Waals surface area (Å²) in [6.45, 7) is 9.61. The Bertz CT molecular complexity index is 1110. The highest BCUT2D eigenvalue weighted by molar-refractivity contribution is 6.05. The van der Waals surface area contributed by atoms with Crippen LogP contribution >= 0.6 is 0 Å². The van der Waals surface area contributed by atoms with Crippen LogP contribution in [0.4, 0.5) is 5.69 Å². The maximum absolute atomic E-state index is 13.0. The van der Waals surface area contributed by atoms with Crippen LogP contribution in [0.15, 0.2) is 60.4 Å². The smallest absolute Gasteiger partial charge is 0.374 e. The quantitative estimate of drug-likeness (QED) is 0.0954. The van der Waals surface area contributed by atoms with Crippen molar-refractivity contribution in [2.24, 2.45) is 0 Å². The Morgan fingerprint density at radius 3 is 2.08 bits per heavy atom. The van der Waals surface area contributed by atoms with Crippen LogP contribution in [0.2, 0.25) is 0 Å². The fourth-order valence-electron chi connectivity index (χ4n) is 3.70. The number of nitrogens with one attached hydrogen (secondary N) is 1. The lowest BCUT2D eigenvalue weighted by Crippen LogP contribution is -2.20. The minimum Gasteiger partial charge on any atom is -0.494 e. The first-order chi connectivity index (χ1) is 19.2. The molecule has 0 aromatic heterocycles. The van der Waals surface area contributed by atoms with Crippen LogP contribution in [-0.2, 0) is 19.1 Å². The van der Waals surface area contributed by atoms with E-state index in [-0.39, 0.29) is 23.5 Å². The van der Waals surface area contributed by atoms with E-state index in [1.165, 1.54) is 32.1 Å². The third-order valence-corrected chi connectivity index (χ3v) is 5.63. The molecule has 2 aromatic carbocycles. The number of hydrogen-bond donors (Lipinski definition) is 1. The van der Waals surface area contributed by atoms with Crippen molar-refractivity contribution in [3.8, 4) is 11.5 Å². The Hall–Kier alpha value is -3.81. The summed E-state index contributed by atoms with van der Waals surface area (Å²) >= 11 is 0. The van der Waals surface area contributed by atoms with Crippen molar-refractivity contribution in [2.45, 2.75) is 91.8 Å². The highest BCUT2D eigenvalue weighted by atomic mass is 16.6. The van der Waals surface area contributed by atoms with E-state index < -0.39 is 18.0 Å². The lowest BCUT2D eigenvalue weighted by molar-refractivity contribution is -0.147. The van der Waals surface area contributed by atoms with Gasteiger partial charge in [-0.05, 0) is 70.5 Å². The second-order valence-electron chi connectivity index (χ2n) is 9.99. The number of rotatable bonds is 17. The molecule has 0 heterocycles. The molecule has 2 rings (SSSR count). The van der Waals surface area contributed by atoms with Crippen LogP contribution in [0, 0.1) is 0 Å². The van der Waals surface area contributed by atoms with Gasteiger partial charge < -0.3 is 24.3 Å². The second-order valence-corrected chi connectivity index (χ2v) is 9.99. The molecule has 0 fully saturated rings.